The van der Waals surface area contributed by atoms with Gasteiger partial charge < -0.3 is 15.0 Å². The maximum atomic E-state index is 5.38. The zero-order chi connectivity index (χ0) is 14.2. The summed E-state index contributed by atoms with van der Waals surface area (Å²) < 4.78 is 5.38. The van der Waals surface area contributed by atoms with E-state index in [9.17, 15) is 0 Å². The molecule has 4 nitrogen and oxygen atoms in total. The van der Waals surface area contributed by atoms with Gasteiger partial charge in [-0.1, -0.05) is 6.92 Å². The van der Waals surface area contributed by atoms with Crippen molar-refractivity contribution in [1.82, 2.24) is 15.1 Å². The smallest absolute Gasteiger partial charge is 0.0594 e. The number of hydrogen-bond acceptors (Lipinski definition) is 4. The van der Waals surface area contributed by atoms with Crippen LogP contribution in [0.2, 0.25) is 0 Å². The number of nitrogens with zero attached hydrogens (tertiary/aromatic N) is 2. The van der Waals surface area contributed by atoms with E-state index in [1.54, 1.807) is 0 Å². The van der Waals surface area contributed by atoms with Crippen LogP contribution < -0.4 is 5.32 Å². The summed E-state index contributed by atoms with van der Waals surface area (Å²) in [4.78, 5) is 5.09. The molecule has 20 heavy (non-hydrogen) atoms. The number of rotatable bonds is 7. The van der Waals surface area contributed by atoms with Gasteiger partial charge in [-0.2, -0.15) is 0 Å². The van der Waals surface area contributed by atoms with Crippen LogP contribution in [-0.2, 0) is 4.74 Å². The lowest BCUT2D eigenvalue weighted by atomic mass is 9.90. The first kappa shape index (κ1) is 16.2. The molecule has 2 saturated heterocycles. The Kier molecular flexibility index (Phi) is 7.28. The average Bonchev–Trinajstić information content (AvgIpc) is 2.52. The fraction of sp³-hybridized carbons (Fsp3) is 1.00. The van der Waals surface area contributed by atoms with Crippen LogP contribution in [-0.4, -0.2) is 74.9 Å². The maximum absolute atomic E-state index is 5.38. The third-order valence-electron chi connectivity index (χ3n) is 5.01. The van der Waals surface area contributed by atoms with Crippen molar-refractivity contribution in [2.24, 2.45) is 5.92 Å². The van der Waals surface area contributed by atoms with Gasteiger partial charge in [0, 0.05) is 19.1 Å². The standard InChI is InChI=1S/C16H33N3O/c1-3-18-9-5-16(6-10-18)15(2)17-7-4-8-19-11-13-20-14-12-19/h15-17H,3-14H2,1-2H3. The summed E-state index contributed by atoms with van der Waals surface area (Å²) in [7, 11) is 0. The Bertz CT molecular complexity index is 248. The van der Waals surface area contributed by atoms with E-state index < -0.39 is 0 Å². The highest BCUT2D eigenvalue weighted by atomic mass is 16.5. The van der Waals surface area contributed by atoms with Gasteiger partial charge >= 0.3 is 0 Å². The first-order valence-corrected chi connectivity index (χ1v) is 8.55. The van der Waals surface area contributed by atoms with Crippen LogP contribution in [0.15, 0.2) is 0 Å². The Morgan fingerprint density at radius 3 is 2.45 bits per heavy atom. The quantitative estimate of drug-likeness (QED) is 0.715. The van der Waals surface area contributed by atoms with Crippen molar-refractivity contribution in [2.45, 2.75) is 39.2 Å². The minimum Gasteiger partial charge on any atom is -0.379 e. The lowest BCUT2D eigenvalue weighted by Gasteiger charge is -2.34. The van der Waals surface area contributed by atoms with Crippen LogP contribution >= 0.6 is 0 Å². The molecule has 0 bridgehead atoms. The third kappa shape index (κ3) is 5.32. The lowest BCUT2D eigenvalue weighted by molar-refractivity contribution is 0.0373. The molecule has 2 aliphatic rings. The van der Waals surface area contributed by atoms with Crippen LogP contribution in [0.1, 0.15) is 33.1 Å². The molecule has 0 aliphatic carbocycles. The van der Waals surface area contributed by atoms with E-state index in [1.807, 2.05) is 0 Å². The molecule has 2 aliphatic heterocycles. The van der Waals surface area contributed by atoms with E-state index in [0.717, 1.165) is 38.8 Å². The molecule has 1 atom stereocenters. The molecule has 0 aromatic rings. The van der Waals surface area contributed by atoms with Gasteiger partial charge in [0.2, 0.25) is 0 Å². The molecule has 0 amide bonds. The second kappa shape index (κ2) is 8.98. The van der Waals surface area contributed by atoms with Crippen molar-refractivity contribution < 1.29 is 4.74 Å². The highest BCUT2D eigenvalue weighted by Gasteiger charge is 2.22. The zero-order valence-electron chi connectivity index (χ0n) is 13.4. The van der Waals surface area contributed by atoms with Crippen LogP contribution in [0, 0.1) is 5.92 Å². The Balaban J connectivity index is 1.52. The molecule has 2 fully saturated rings. The first-order chi connectivity index (χ1) is 9.79. The normalized spacial score (nSPS) is 24.9. The van der Waals surface area contributed by atoms with Crippen molar-refractivity contribution in [3.05, 3.63) is 0 Å². The van der Waals surface area contributed by atoms with Crippen molar-refractivity contribution >= 4 is 0 Å². The van der Waals surface area contributed by atoms with E-state index in [4.69, 9.17) is 4.74 Å². The van der Waals surface area contributed by atoms with E-state index >= 15 is 0 Å². The Morgan fingerprint density at radius 2 is 1.80 bits per heavy atom. The summed E-state index contributed by atoms with van der Waals surface area (Å²) in [6.45, 7) is 14.9. The maximum Gasteiger partial charge on any atom is 0.0594 e. The number of ether oxygens (including phenoxy) is 1. The molecule has 1 unspecified atom stereocenters. The topological polar surface area (TPSA) is 27.7 Å². The minimum absolute atomic E-state index is 0.679. The molecule has 4 heteroatoms. The van der Waals surface area contributed by atoms with E-state index in [-0.39, 0.29) is 0 Å². The van der Waals surface area contributed by atoms with E-state index in [2.05, 4.69) is 29.0 Å². The molecule has 0 radical (unpaired) electrons. The first-order valence-electron chi connectivity index (χ1n) is 8.55. The molecular formula is C16H33N3O. The summed E-state index contributed by atoms with van der Waals surface area (Å²) in [5.41, 5.74) is 0. The summed E-state index contributed by atoms with van der Waals surface area (Å²) in [5, 5.41) is 3.75. The second-order valence-corrected chi connectivity index (χ2v) is 6.32. The van der Waals surface area contributed by atoms with Crippen molar-refractivity contribution in [3.8, 4) is 0 Å². The SMILES string of the molecule is CCN1CCC(C(C)NCCCN2CCOCC2)CC1. The van der Waals surface area contributed by atoms with Crippen LogP contribution in [0.3, 0.4) is 0 Å². The van der Waals surface area contributed by atoms with Gasteiger partial charge in [0.1, 0.15) is 0 Å². The third-order valence-corrected chi connectivity index (χ3v) is 5.01. The molecule has 0 aromatic carbocycles. The van der Waals surface area contributed by atoms with Crippen LogP contribution in [0.25, 0.3) is 0 Å². The lowest BCUT2D eigenvalue weighted by Crippen LogP contribution is -2.43. The molecule has 118 valence electrons. The number of morpholine rings is 1. The molecular weight excluding hydrogens is 250 g/mol. The largest absolute Gasteiger partial charge is 0.379 e. The molecule has 0 aromatic heterocycles. The summed E-state index contributed by atoms with van der Waals surface area (Å²) in [6.07, 6.45) is 4.00. The summed E-state index contributed by atoms with van der Waals surface area (Å²) >= 11 is 0. The molecule has 0 saturated carbocycles. The Hall–Kier alpha value is -0.160. The predicted octanol–water partition coefficient (Wildman–Crippen LogP) is 1.42. The summed E-state index contributed by atoms with van der Waals surface area (Å²) in [5.74, 6) is 0.876. The number of hydrogen-bond donors (Lipinski definition) is 1. The van der Waals surface area contributed by atoms with Crippen molar-refractivity contribution in [3.63, 3.8) is 0 Å². The fourth-order valence-corrected chi connectivity index (χ4v) is 3.39. The average molecular weight is 283 g/mol. The molecule has 0 spiro atoms. The van der Waals surface area contributed by atoms with Gasteiger partial charge in [0.05, 0.1) is 13.2 Å². The van der Waals surface area contributed by atoms with Crippen molar-refractivity contribution in [1.29, 1.82) is 0 Å². The van der Waals surface area contributed by atoms with Gasteiger partial charge in [-0.25, -0.2) is 0 Å². The molecule has 2 heterocycles. The van der Waals surface area contributed by atoms with Crippen LogP contribution in [0.5, 0.6) is 0 Å². The molecule has 1 N–H and O–H groups in total. The van der Waals surface area contributed by atoms with Crippen LogP contribution in [0.4, 0.5) is 0 Å². The summed E-state index contributed by atoms with van der Waals surface area (Å²) in [6, 6.07) is 0.679. The number of likely N-dealkylation sites (tertiary alicyclic amines) is 1. The van der Waals surface area contributed by atoms with Gasteiger partial charge in [0.25, 0.3) is 0 Å². The second-order valence-electron chi connectivity index (χ2n) is 6.32. The molecule has 2 rings (SSSR count). The van der Waals surface area contributed by atoms with Gasteiger partial charge in [-0.3, -0.25) is 4.90 Å². The Labute approximate surface area is 124 Å². The highest BCUT2D eigenvalue weighted by molar-refractivity contribution is 4.79. The fourth-order valence-electron chi connectivity index (χ4n) is 3.39. The highest BCUT2D eigenvalue weighted by Crippen LogP contribution is 2.20. The number of piperidine rings is 1. The number of nitrogens with one attached hydrogen (secondary N) is 1. The Morgan fingerprint density at radius 1 is 1.10 bits per heavy atom. The van der Waals surface area contributed by atoms with Gasteiger partial charge in [0.15, 0.2) is 0 Å². The predicted molar refractivity (Wildman–Crippen MR) is 84.2 cm³/mol. The monoisotopic (exact) mass is 283 g/mol. The minimum atomic E-state index is 0.679. The van der Waals surface area contributed by atoms with Crippen molar-refractivity contribution in [2.75, 3.05) is 59.0 Å². The van der Waals surface area contributed by atoms with E-state index in [1.165, 1.54) is 45.4 Å². The van der Waals surface area contributed by atoms with Gasteiger partial charge in [-0.15, -0.1) is 0 Å². The van der Waals surface area contributed by atoms with Gasteiger partial charge in [-0.05, 0) is 64.8 Å². The van der Waals surface area contributed by atoms with E-state index in [0.29, 0.717) is 6.04 Å². The zero-order valence-corrected chi connectivity index (χ0v) is 13.4.